The molecule has 290 valence electrons. The Hall–Kier alpha value is -8.20. The number of nitrogens with zero attached hydrogens (tertiary/aromatic N) is 2. The Kier molecular flexibility index (Phi) is 8.53. The lowest BCUT2D eigenvalue weighted by atomic mass is 9.99. The third kappa shape index (κ3) is 6.12. The smallest absolute Gasteiger partial charge is 0.0547 e. The van der Waals surface area contributed by atoms with E-state index in [0.29, 0.717) is 0 Å². The fourth-order valence-corrected chi connectivity index (χ4v) is 9.44. The second-order valence-corrected chi connectivity index (χ2v) is 16.2. The van der Waals surface area contributed by atoms with Gasteiger partial charge in [-0.25, -0.2) is 0 Å². The Bertz CT molecular complexity index is 3560. The van der Waals surface area contributed by atoms with Crippen molar-refractivity contribution in [3.63, 3.8) is 0 Å². The van der Waals surface area contributed by atoms with Crippen molar-refractivity contribution in [1.82, 2.24) is 9.13 Å². The molecule has 0 atom stereocenters. The summed E-state index contributed by atoms with van der Waals surface area (Å²) in [7, 11) is 0. The summed E-state index contributed by atoms with van der Waals surface area (Å²) in [6, 6.07) is 88.4. The van der Waals surface area contributed by atoms with Crippen LogP contribution in [0.5, 0.6) is 0 Å². The Morgan fingerprint density at radius 2 is 0.484 bits per heavy atom. The summed E-state index contributed by atoms with van der Waals surface area (Å²) in [6.45, 7) is 0. The molecular weight excluding hydrogens is 749 g/mol. The molecule has 0 saturated heterocycles. The quantitative estimate of drug-likeness (QED) is 0.152. The lowest BCUT2D eigenvalue weighted by molar-refractivity contribution is 1.18. The summed E-state index contributed by atoms with van der Waals surface area (Å²) in [5, 5.41) is 4.96. The van der Waals surface area contributed by atoms with E-state index < -0.39 is 0 Å². The molecule has 2 aromatic heterocycles. The van der Waals surface area contributed by atoms with Crippen molar-refractivity contribution >= 4 is 43.6 Å². The van der Waals surface area contributed by atoms with Gasteiger partial charge in [0.05, 0.1) is 22.1 Å². The minimum Gasteiger partial charge on any atom is -0.309 e. The van der Waals surface area contributed by atoms with E-state index in [1.54, 1.807) is 0 Å². The summed E-state index contributed by atoms with van der Waals surface area (Å²) in [5.41, 5.74) is 19.2. The Balaban J connectivity index is 0.943. The molecule has 62 heavy (non-hydrogen) atoms. The van der Waals surface area contributed by atoms with Crippen LogP contribution in [0.4, 0.5) is 0 Å². The zero-order valence-corrected chi connectivity index (χ0v) is 34.0. The van der Waals surface area contributed by atoms with Crippen LogP contribution in [0.15, 0.2) is 243 Å². The van der Waals surface area contributed by atoms with E-state index in [2.05, 4.69) is 252 Å². The Morgan fingerprint density at radius 1 is 0.177 bits per heavy atom. The van der Waals surface area contributed by atoms with Crippen LogP contribution in [-0.4, -0.2) is 9.13 Å². The number of rotatable bonds is 7. The van der Waals surface area contributed by atoms with Gasteiger partial charge in [0, 0.05) is 32.9 Å². The van der Waals surface area contributed by atoms with E-state index in [1.165, 1.54) is 99.2 Å². The van der Waals surface area contributed by atoms with Crippen LogP contribution < -0.4 is 0 Å². The average molecular weight is 789 g/mol. The van der Waals surface area contributed by atoms with Gasteiger partial charge in [-0.1, -0.05) is 182 Å². The molecule has 0 fully saturated rings. The number of hydrogen-bond donors (Lipinski definition) is 0. The zero-order valence-electron chi connectivity index (χ0n) is 34.0. The van der Waals surface area contributed by atoms with Crippen LogP contribution in [0.1, 0.15) is 0 Å². The molecule has 0 saturated carbocycles. The molecule has 0 radical (unpaired) electrons. The molecule has 10 aromatic carbocycles. The summed E-state index contributed by atoms with van der Waals surface area (Å²) in [5.74, 6) is 0. The molecule has 12 rings (SSSR count). The topological polar surface area (TPSA) is 9.86 Å². The largest absolute Gasteiger partial charge is 0.309 e. The number of para-hydroxylation sites is 1. The first-order valence-electron chi connectivity index (χ1n) is 21.3. The fourth-order valence-electron chi connectivity index (χ4n) is 9.44. The molecule has 0 unspecified atom stereocenters. The summed E-state index contributed by atoms with van der Waals surface area (Å²) < 4.78 is 4.83. The van der Waals surface area contributed by atoms with Gasteiger partial charge in [0.15, 0.2) is 0 Å². The number of fused-ring (bicyclic) bond motifs is 6. The van der Waals surface area contributed by atoms with Gasteiger partial charge >= 0.3 is 0 Å². The van der Waals surface area contributed by atoms with Gasteiger partial charge in [0.25, 0.3) is 0 Å². The number of benzene rings is 10. The van der Waals surface area contributed by atoms with E-state index in [0.717, 1.165) is 11.4 Å². The lowest BCUT2D eigenvalue weighted by Gasteiger charge is -2.11. The summed E-state index contributed by atoms with van der Waals surface area (Å²) in [4.78, 5) is 0. The van der Waals surface area contributed by atoms with Gasteiger partial charge in [-0.05, 0) is 116 Å². The molecule has 2 heterocycles. The van der Waals surface area contributed by atoms with Crippen LogP contribution in [0.2, 0.25) is 0 Å². The number of aromatic nitrogens is 2. The second-order valence-electron chi connectivity index (χ2n) is 16.2. The summed E-state index contributed by atoms with van der Waals surface area (Å²) >= 11 is 0. The molecular formula is C60H40N2. The highest BCUT2D eigenvalue weighted by molar-refractivity contribution is 6.13. The first-order valence-corrected chi connectivity index (χ1v) is 21.3. The first kappa shape index (κ1) is 35.7. The van der Waals surface area contributed by atoms with Crippen molar-refractivity contribution in [2.75, 3.05) is 0 Å². The van der Waals surface area contributed by atoms with Gasteiger partial charge < -0.3 is 9.13 Å². The standard InChI is InChI=1S/C60H40N2/c1-4-12-41(13-5-1)44-20-22-45(23-21-44)47-26-31-51(32-27-47)61-57-19-11-10-18-53(57)55-38-48(29-36-58(55)61)49-30-37-59-56(39-49)54-35-28-50(43-16-8-3-9-17-43)40-60(54)62(59)52-33-24-46(25-34-52)42-14-6-2-7-15-42/h1-40H. The van der Waals surface area contributed by atoms with Gasteiger partial charge in [-0.15, -0.1) is 0 Å². The van der Waals surface area contributed by atoms with Crippen LogP contribution in [0, 0.1) is 0 Å². The fraction of sp³-hybridized carbons (Fsp3) is 0. The molecule has 0 spiro atoms. The van der Waals surface area contributed by atoms with Gasteiger partial charge in [0.2, 0.25) is 0 Å². The molecule has 0 N–H and O–H groups in total. The lowest BCUT2D eigenvalue weighted by Crippen LogP contribution is -1.94. The molecule has 0 aliphatic rings. The second kappa shape index (κ2) is 14.8. The van der Waals surface area contributed by atoms with Crippen LogP contribution in [0.25, 0.3) is 111 Å². The Morgan fingerprint density at radius 3 is 0.968 bits per heavy atom. The normalized spacial score (nSPS) is 11.5. The van der Waals surface area contributed by atoms with Crippen molar-refractivity contribution in [2.24, 2.45) is 0 Å². The predicted molar refractivity (Wildman–Crippen MR) is 262 cm³/mol. The summed E-state index contributed by atoms with van der Waals surface area (Å²) in [6.07, 6.45) is 0. The monoisotopic (exact) mass is 788 g/mol. The van der Waals surface area contributed by atoms with Crippen molar-refractivity contribution in [2.45, 2.75) is 0 Å². The van der Waals surface area contributed by atoms with E-state index in [1.807, 2.05) is 0 Å². The SMILES string of the molecule is c1ccc(-c2ccc(-c3ccc(-n4c5ccccc5c5cc(-c6ccc7c(c6)c6ccc(-c8ccccc8)cc6n7-c6ccc(-c7ccccc7)cc6)ccc54)cc3)cc2)cc1. The van der Waals surface area contributed by atoms with Crippen molar-refractivity contribution in [1.29, 1.82) is 0 Å². The third-order valence-electron chi connectivity index (χ3n) is 12.6. The van der Waals surface area contributed by atoms with Crippen molar-refractivity contribution in [3.05, 3.63) is 243 Å². The minimum atomic E-state index is 1.14. The van der Waals surface area contributed by atoms with Gasteiger partial charge in [0.1, 0.15) is 0 Å². The third-order valence-corrected chi connectivity index (χ3v) is 12.6. The highest BCUT2D eigenvalue weighted by Crippen LogP contribution is 2.40. The predicted octanol–water partition coefficient (Wildman–Crippen LogP) is 16.2. The highest BCUT2D eigenvalue weighted by Gasteiger charge is 2.17. The molecule has 0 aliphatic heterocycles. The maximum absolute atomic E-state index is 2.43. The minimum absolute atomic E-state index is 1.14. The molecule has 0 amide bonds. The molecule has 2 heteroatoms. The molecule has 12 aromatic rings. The highest BCUT2D eigenvalue weighted by atomic mass is 15.0. The van der Waals surface area contributed by atoms with Crippen LogP contribution in [0.3, 0.4) is 0 Å². The van der Waals surface area contributed by atoms with Crippen molar-refractivity contribution in [3.8, 4) is 67.0 Å². The van der Waals surface area contributed by atoms with E-state index in [9.17, 15) is 0 Å². The van der Waals surface area contributed by atoms with Crippen molar-refractivity contribution < 1.29 is 0 Å². The van der Waals surface area contributed by atoms with E-state index in [4.69, 9.17) is 0 Å². The maximum atomic E-state index is 2.43. The molecule has 0 bridgehead atoms. The zero-order chi connectivity index (χ0) is 41.0. The van der Waals surface area contributed by atoms with Gasteiger partial charge in [-0.3, -0.25) is 0 Å². The van der Waals surface area contributed by atoms with Gasteiger partial charge in [-0.2, -0.15) is 0 Å². The molecule has 2 nitrogen and oxygen atoms in total. The van der Waals surface area contributed by atoms with E-state index >= 15 is 0 Å². The van der Waals surface area contributed by atoms with E-state index in [-0.39, 0.29) is 0 Å². The average Bonchev–Trinajstić information content (AvgIpc) is 3.87. The number of hydrogen-bond acceptors (Lipinski definition) is 0. The van der Waals surface area contributed by atoms with Crippen LogP contribution in [-0.2, 0) is 0 Å². The first-order chi connectivity index (χ1) is 30.7. The maximum Gasteiger partial charge on any atom is 0.0547 e. The van der Waals surface area contributed by atoms with Crippen LogP contribution >= 0.6 is 0 Å². The Labute approximate surface area is 360 Å². The molecule has 0 aliphatic carbocycles.